The molecule has 2 aromatic carbocycles. The van der Waals surface area contributed by atoms with Crippen molar-refractivity contribution in [2.45, 2.75) is 25.1 Å². The second-order valence-corrected chi connectivity index (χ2v) is 6.80. The van der Waals surface area contributed by atoms with E-state index in [9.17, 15) is 10.1 Å². The molecule has 0 aliphatic carbocycles. The molecule has 5 nitrogen and oxygen atoms in total. The number of piperazine rings is 1. The number of nitriles is 1. The molecular weight excluding hydrogens is 326 g/mol. The van der Waals surface area contributed by atoms with Gasteiger partial charge in [0.15, 0.2) is 6.10 Å². The third kappa shape index (κ3) is 3.29. The Hall–Kier alpha value is -2.84. The minimum absolute atomic E-state index is 0.0131. The zero-order chi connectivity index (χ0) is 17.9. The number of rotatable bonds is 3. The van der Waals surface area contributed by atoms with Crippen LogP contribution in [-0.4, -0.2) is 47.5 Å². The van der Waals surface area contributed by atoms with Crippen LogP contribution in [0.2, 0.25) is 0 Å². The number of carbonyl (C=O) groups is 1. The van der Waals surface area contributed by atoms with Gasteiger partial charge < -0.3 is 9.64 Å². The fourth-order valence-electron chi connectivity index (χ4n) is 3.67. The van der Waals surface area contributed by atoms with Gasteiger partial charge >= 0.3 is 0 Å². The number of benzene rings is 2. The summed E-state index contributed by atoms with van der Waals surface area (Å²) in [7, 11) is 0. The van der Waals surface area contributed by atoms with Gasteiger partial charge in [-0.05, 0) is 17.2 Å². The first-order valence-corrected chi connectivity index (χ1v) is 8.95. The van der Waals surface area contributed by atoms with E-state index in [-0.39, 0.29) is 11.9 Å². The van der Waals surface area contributed by atoms with E-state index in [2.05, 4.69) is 23.1 Å². The highest BCUT2D eigenvalue weighted by Gasteiger charge is 2.36. The number of nitrogens with zero attached hydrogens (tertiary/aromatic N) is 3. The van der Waals surface area contributed by atoms with Crippen molar-refractivity contribution in [2.24, 2.45) is 0 Å². The van der Waals surface area contributed by atoms with E-state index in [0.717, 1.165) is 17.9 Å². The largest absolute Gasteiger partial charge is 0.480 e. The molecule has 2 aliphatic rings. The van der Waals surface area contributed by atoms with Crippen LogP contribution in [0.15, 0.2) is 54.6 Å². The number of carbonyl (C=O) groups excluding carboxylic acids is 1. The van der Waals surface area contributed by atoms with Gasteiger partial charge in [-0.2, -0.15) is 5.26 Å². The molecule has 2 unspecified atom stereocenters. The summed E-state index contributed by atoms with van der Waals surface area (Å²) in [5.41, 5.74) is 2.26. The van der Waals surface area contributed by atoms with Crippen LogP contribution in [0.25, 0.3) is 0 Å². The predicted octanol–water partition coefficient (Wildman–Crippen LogP) is 2.23. The Kier molecular flexibility index (Phi) is 4.59. The van der Waals surface area contributed by atoms with Gasteiger partial charge in [0.1, 0.15) is 11.8 Å². The zero-order valence-electron chi connectivity index (χ0n) is 14.5. The summed E-state index contributed by atoms with van der Waals surface area (Å²) in [5.74, 6) is 0.784. The third-order valence-electron chi connectivity index (χ3n) is 5.10. The molecule has 4 rings (SSSR count). The van der Waals surface area contributed by atoms with Gasteiger partial charge in [-0.25, -0.2) is 0 Å². The Labute approximate surface area is 153 Å². The van der Waals surface area contributed by atoms with Gasteiger partial charge in [0.25, 0.3) is 5.91 Å². The lowest BCUT2D eigenvalue weighted by Crippen LogP contribution is -2.56. The Morgan fingerprint density at radius 2 is 1.88 bits per heavy atom. The van der Waals surface area contributed by atoms with Crippen LogP contribution in [0.5, 0.6) is 5.75 Å². The molecule has 132 valence electrons. The van der Waals surface area contributed by atoms with Gasteiger partial charge in [0, 0.05) is 32.6 Å². The lowest BCUT2D eigenvalue weighted by atomic mass is 10.1. The summed E-state index contributed by atoms with van der Waals surface area (Å²) in [4.78, 5) is 16.8. The summed E-state index contributed by atoms with van der Waals surface area (Å²) < 4.78 is 5.83. The van der Waals surface area contributed by atoms with Crippen LogP contribution < -0.4 is 4.74 Å². The van der Waals surface area contributed by atoms with Crippen LogP contribution in [0.4, 0.5) is 0 Å². The molecule has 26 heavy (non-hydrogen) atoms. The Bertz CT molecular complexity index is 806. The SMILES string of the molecule is N#CC1CN(C(=O)C2Cc3ccccc3O2)CCN1Cc1ccccc1. The van der Waals surface area contributed by atoms with Gasteiger partial charge in [0.05, 0.1) is 6.07 Å². The maximum atomic E-state index is 12.9. The molecule has 2 atom stereocenters. The summed E-state index contributed by atoms with van der Waals surface area (Å²) in [6.45, 7) is 2.48. The number of hydrogen-bond acceptors (Lipinski definition) is 4. The molecule has 0 N–H and O–H groups in total. The Balaban J connectivity index is 1.40. The molecule has 0 spiro atoms. The van der Waals surface area contributed by atoms with Crippen LogP contribution in [0, 0.1) is 11.3 Å². The maximum absolute atomic E-state index is 12.9. The van der Waals surface area contributed by atoms with E-state index in [1.54, 1.807) is 4.90 Å². The van der Waals surface area contributed by atoms with Crippen molar-refractivity contribution in [1.82, 2.24) is 9.80 Å². The monoisotopic (exact) mass is 347 g/mol. The second-order valence-electron chi connectivity index (χ2n) is 6.80. The van der Waals surface area contributed by atoms with Crippen molar-refractivity contribution >= 4 is 5.91 Å². The first-order valence-electron chi connectivity index (χ1n) is 8.95. The Morgan fingerprint density at radius 3 is 2.65 bits per heavy atom. The van der Waals surface area contributed by atoms with Crippen LogP contribution >= 0.6 is 0 Å². The topological polar surface area (TPSA) is 56.6 Å². The normalized spacial score (nSPS) is 22.3. The van der Waals surface area contributed by atoms with E-state index in [1.807, 2.05) is 42.5 Å². The molecule has 0 saturated carbocycles. The molecule has 0 bridgehead atoms. The fraction of sp³-hybridized carbons (Fsp3) is 0.333. The van der Waals surface area contributed by atoms with Crippen molar-refractivity contribution in [3.63, 3.8) is 0 Å². The molecule has 1 amide bonds. The number of ether oxygens (including phenoxy) is 1. The molecular formula is C21H21N3O2. The molecule has 2 aromatic rings. The van der Waals surface area contributed by atoms with Crippen LogP contribution in [0.1, 0.15) is 11.1 Å². The number of amides is 1. The zero-order valence-corrected chi connectivity index (χ0v) is 14.5. The van der Waals surface area contributed by atoms with Crippen molar-refractivity contribution in [3.05, 3.63) is 65.7 Å². The van der Waals surface area contributed by atoms with E-state index >= 15 is 0 Å². The molecule has 2 heterocycles. The highest BCUT2D eigenvalue weighted by Crippen LogP contribution is 2.29. The van der Waals surface area contributed by atoms with Crippen molar-refractivity contribution in [2.75, 3.05) is 19.6 Å². The minimum Gasteiger partial charge on any atom is -0.480 e. The van der Waals surface area contributed by atoms with Gasteiger partial charge in [0.2, 0.25) is 0 Å². The van der Waals surface area contributed by atoms with Gasteiger partial charge in [-0.15, -0.1) is 0 Å². The number of para-hydroxylation sites is 1. The average molecular weight is 347 g/mol. The van der Waals surface area contributed by atoms with E-state index in [1.165, 1.54) is 5.56 Å². The van der Waals surface area contributed by atoms with E-state index in [0.29, 0.717) is 26.1 Å². The smallest absolute Gasteiger partial charge is 0.264 e. The molecule has 2 aliphatic heterocycles. The predicted molar refractivity (Wildman–Crippen MR) is 97.4 cm³/mol. The fourth-order valence-corrected chi connectivity index (χ4v) is 3.67. The summed E-state index contributed by atoms with van der Waals surface area (Å²) >= 11 is 0. The molecule has 5 heteroatoms. The lowest BCUT2D eigenvalue weighted by Gasteiger charge is -2.39. The standard InChI is InChI=1S/C21H21N3O2/c22-13-18-15-24(11-10-23(18)14-16-6-2-1-3-7-16)21(25)20-12-17-8-4-5-9-19(17)26-20/h1-9,18,20H,10-12,14-15H2. The molecule has 1 fully saturated rings. The summed E-state index contributed by atoms with van der Waals surface area (Å²) in [6.07, 6.45) is 0.142. The highest BCUT2D eigenvalue weighted by atomic mass is 16.5. The first kappa shape index (κ1) is 16.6. The Morgan fingerprint density at radius 1 is 1.12 bits per heavy atom. The molecule has 0 radical (unpaired) electrons. The van der Waals surface area contributed by atoms with Crippen LogP contribution in [0.3, 0.4) is 0 Å². The van der Waals surface area contributed by atoms with Crippen molar-refractivity contribution in [1.29, 1.82) is 5.26 Å². The molecule has 0 aromatic heterocycles. The molecule has 1 saturated heterocycles. The second kappa shape index (κ2) is 7.19. The van der Waals surface area contributed by atoms with E-state index in [4.69, 9.17) is 4.74 Å². The summed E-state index contributed by atoms with van der Waals surface area (Å²) in [5, 5.41) is 9.59. The quantitative estimate of drug-likeness (QED) is 0.854. The van der Waals surface area contributed by atoms with Crippen molar-refractivity contribution < 1.29 is 9.53 Å². The maximum Gasteiger partial charge on any atom is 0.264 e. The lowest BCUT2D eigenvalue weighted by molar-refractivity contribution is -0.140. The minimum atomic E-state index is -0.465. The summed E-state index contributed by atoms with van der Waals surface area (Å²) in [6, 6.07) is 20.0. The first-order chi connectivity index (χ1) is 12.7. The number of fused-ring (bicyclic) bond motifs is 1. The third-order valence-corrected chi connectivity index (χ3v) is 5.10. The van der Waals surface area contributed by atoms with Gasteiger partial charge in [-0.3, -0.25) is 9.69 Å². The van der Waals surface area contributed by atoms with Crippen LogP contribution in [-0.2, 0) is 17.8 Å². The van der Waals surface area contributed by atoms with E-state index < -0.39 is 6.10 Å². The number of hydrogen-bond donors (Lipinski definition) is 0. The van der Waals surface area contributed by atoms with Crippen molar-refractivity contribution in [3.8, 4) is 11.8 Å². The van der Waals surface area contributed by atoms with Gasteiger partial charge in [-0.1, -0.05) is 48.5 Å². The highest BCUT2D eigenvalue weighted by molar-refractivity contribution is 5.83. The average Bonchev–Trinajstić information content (AvgIpc) is 3.13.